The van der Waals surface area contributed by atoms with E-state index in [0.29, 0.717) is 17.5 Å². The van der Waals surface area contributed by atoms with E-state index in [9.17, 15) is 5.26 Å². The molecule has 0 bridgehead atoms. The predicted octanol–water partition coefficient (Wildman–Crippen LogP) is 5.33. The van der Waals surface area contributed by atoms with Crippen molar-refractivity contribution >= 4 is 27.3 Å². The van der Waals surface area contributed by atoms with Gasteiger partial charge in [-0.1, -0.05) is 15.9 Å². The predicted molar refractivity (Wildman–Crippen MR) is 119 cm³/mol. The summed E-state index contributed by atoms with van der Waals surface area (Å²) in [5.41, 5.74) is 4.17. The number of methoxy groups -OCH3 is 2. The minimum absolute atomic E-state index is 0.556. The molecule has 2 aliphatic rings. The van der Waals surface area contributed by atoms with E-state index in [1.54, 1.807) is 14.2 Å². The largest absolute Gasteiger partial charge is 0.497 e. The first-order valence-electron chi connectivity index (χ1n) is 10.0. The molecule has 0 unspecified atom stereocenters. The Hall–Kier alpha value is -2.39. The zero-order chi connectivity index (χ0) is 20.4. The van der Waals surface area contributed by atoms with Gasteiger partial charge in [-0.25, -0.2) is 0 Å². The molecule has 5 nitrogen and oxygen atoms in total. The molecule has 0 amide bonds. The van der Waals surface area contributed by atoms with Gasteiger partial charge in [0.25, 0.3) is 0 Å². The summed E-state index contributed by atoms with van der Waals surface area (Å²) in [5, 5.41) is 13.4. The Balaban J connectivity index is 1.56. The van der Waals surface area contributed by atoms with Gasteiger partial charge < -0.3 is 19.7 Å². The monoisotopic (exact) mass is 455 g/mol. The van der Waals surface area contributed by atoms with Gasteiger partial charge >= 0.3 is 0 Å². The number of piperidine rings is 1. The highest BCUT2D eigenvalue weighted by Gasteiger charge is 2.44. The van der Waals surface area contributed by atoms with E-state index in [1.807, 2.05) is 24.3 Å². The van der Waals surface area contributed by atoms with Crippen LogP contribution >= 0.6 is 15.9 Å². The third-order valence-electron chi connectivity index (χ3n) is 6.28. The van der Waals surface area contributed by atoms with Gasteiger partial charge in [0, 0.05) is 35.7 Å². The van der Waals surface area contributed by atoms with Gasteiger partial charge in [0.05, 0.1) is 31.2 Å². The molecular weight excluding hydrogens is 430 g/mol. The Morgan fingerprint density at radius 3 is 2.48 bits per heavy atom. The maximum Gasteiger partial charge on any atom is 0.127 e. The minimum atomic E-state index is 0.556. The summed E-state index contributed by atoms with van der Waals surface area (Å²) in [5.74, 6) is 1.52. The Morgan fingerprint density at radius 1 is 1.10 bits per heavy atom. The molecule has 6 heteroatoms. The smallest absolute Gasteiger partial charge is 0.127 e. The van der Waals surface area contributed by atoms with Crippen molar-refractivity contribution in [2.24, 2.45) is 5.41 Å². The van der Waals surface area contributed by atoms with E-state index >= 15 is 0 Å². The first-order valence-corrected chi connectivity index (χ1v) is 10.8. The highest BCUT2D eigenvalue weighted by atomic mass is 79.9. The number of benzene rings is 2. The van der Waals surface area contributed by atoms with Crippen LogP contribution in [0.15, 0.2) is 34.8 Å². The average Bonchev–Trinajstić information content (AvgIpc) is 3.50. The summed E-state index contributed by atoms with van der Waals surface area (Å²) in [6.07, 6.45) is 5.22. The number of anilines is 2. The first-order chi connectivity index (χ1) is 14.1. The van der Waals surface area contributed by atoms with Crippen LogP contribution in [0.2, 0.25) is 0 Å². The van der Waals surface area contributed by atoms with Gasteiger partial charge in [-0.15, -0.1) is 0 Å². The lowest BCUT2D eigenvalue weighted by Gasteiger charge is -2.34. The minimum Gasteiger partial charge on any atom is -0.497 e. The number of hydrogen-bond donors (Lipinski definition) is 1. The Labute approximate surface area is 180 Å². The van der Waals surface area contributed by atoms with E-state index < -0.39 is 0 Å². The third-order valence-corrected chi connectivity index (χ3v) is 6.74. The van der Waals surface area contributed by atoms with Crippen LogP contribution in [0.4, 0.5) is 11.4 Å². The van der Waals surface area contributed by atoms with Crippen molar-refractivity contribution < 1.29 is 9.47 Å². The van der Waals surface area contributed by atoms with Crippen molar-refractivity contribution in [3.05, 3.63) is 45.9 Å². The maximum absolute atomic E-state index is 9.93. The van der Waals surface area contributed by atoms with Crippen LogP contribution in [0, 0.1) is 16.7 Å². The van der Waals surface area contributed by atoms with Gasteiger partial charge in [0.2, 0.25) is 0 Å². The van der Waals surface area contributed by atoms with Crippen LogP contribution in [0.3, 0.4) is 0 Å². The molecule has 0 atom stereocenters. The topological polar surface area (TPSA) is 57.5 Å². The van der Waals surface area contributed by atoms with E-state index in [0.717, 1.165) is 46.0 Å². The van der Waals surface area contributed by atoms with Gasteiger partial charge in [-0.2, -0.15) is 5.26 Å². The lowest BCUT2D eigenvalue weighted by molar-refractivity contribution is 0.384. The van der Waals surface area contributed by atoms with E-state index in [2.05, 4.69) is 38.3 Å². The summed E-state index contributed by atoms with van der Waals surface area (Å²) in [6.45, 7) is 2.61. The lowest BCUT2D eigenvalue weighted by Crippen LogP contribution is -2.35. The quantitative estimate of drug-likeness (QED) is 0.637. The van der Waals surface area contributed by atoms with Crippen molar-refractivity contribution in [2.45, 2.75) is 32.2 Å². The number of halogens is 1. The highest BCUT2D eigenvalue weighted by molar-refractivity contribution is 9.10. The Bertz CT molecular complexity index is 940. The van der Waals surface area contributed by atoms with Crippen LogP contribution in [0.1, 0.15) is 36.8 Å². The molecule has 0 radical (unpaired) electrons. The van der Waals surface area contributed by atoms with Gasteiger partial charge in [0.1, 0.15) is 17.6 Å². The van der Waals surface area contributed by atoms with Crippen molar-refractivity contribution in [3.8, 4) is 17.6 Å². The van der Waals surface area contributed by atoms with E-state index in [1.165, 1.54) is 25.7 Å². The molecule has 2 aromatic rings. The van der Waals surface area contributed by atoms with Gasteiger partial charge in [-0.3, -0.25) is 0 Å². The maximum atomic E-state index is 9.93. The van der Waals surface area contributed by atoms with Gasteiger partial charge in [-0.05, 0) is 55.4 Å². The number of rotatable bonds is 6. The molecule has 29 heavy (non-hydrogen) atoms. The second kappa shape index (κ2) is 8.16. The normalized spacial score (nSPS) is 17.0. The van der Waals surface area contributed by atoms with Crippen molar-refractivity contribution in [2.75, 3.05) is 37.5 Å². The molecule has 1 saturated heterocycles. The Morgan fingerprint density at radius 2 is 1.86 bits per heavy atom. The van der Waals surface area contributed by atoms with Gasteiger partial charge in [0.15, 0.2) is 0 Å². The molecule has 2 aromatic carbocycles. The summed E-state index contributed by atoms with van der Waals surface area (Å²) in [7, 11) is 3.29. The standard InChI is InChI=1S/C23H26BrN3O2/c1-28-18-4-3-16(22(13-18)29-2)15-26-20-11-17(24)12-21(19(20)14-25)27-9-7-23(5-6-23)8-10-27/h3-4,11-13,26H,5-10,15H2,1-2H3. The zero-order valence-corrected chi connectivity index (χ0v) is 18.5. The molecule has 2 fully saturated rings. The number of nitriles is 1. The van der Waals surface area contributed by atoms with Crippen molar-refractivity contribution in [3.63, 3.8) is 0 Å². The Kier molecular flexibility index (Phi) is 5.60. The lowest BCUT2D eigenvalue weighted by atomic mass is 9.93. The fourth-order valence-corrected chi connectivity index (χ4v) is 4.63. The van der Waals surface area contributed by atoms with E-state index in [4.69, 9.17) is 9.47 Å². The molecule has 1 aliphatic carbocycles. The summed E-state index contributed by atoms with van der Waals surface area (Å²) < 4.78 is 11.7. The number of nitrogens with zero attached hydrogens (tertiary/aromatic N) is 2. The average molecular weight is 456 g/mol. The summed E-state index contributed by atoms with van der Waals surface area (Å²) in [4.78, 5) is 2.37. The van der Waals surface area contributed by atoms with Crippen LogP contribution in [0.5, 0.6) is 11.5 Å². The van der Waals surface area contributed by atoms with Crippen LogP contribution in [0.25, 0.3) is 0 Å². The number of nitrogens with one attached hydrogen (secondary N) is 1. The molecule has 1 aliphatic heterocycles. The van der Waals surface area contributed by atoms with Crippen LogP contribution < -0.4 is 19.7 Å². The molecular formula is C23H26BrN3O2. The second-order valence-electron chi connectivity index (χ2n) is 7.98. The fourth-order valence-electron chi connectivity index (χ4n) is 4.19. The molecule has 1 saturated carbocycles. The van der Waals surface area contributed by atoms with Crippen LogP contribution in [-0.4, -0.2) is 27.3 Å². The number of ether oxygens (including phenoxy) is 2. The second-order valence-corrected chi connectivity index (χ2v) is 8.89. The molecule has 1 N–H and O–H groups in total. The molecule has 152 valence electrons. The molecule has 1 spiro atoms. The molecule has 0 aromatic heterocycles. The SMILES string of the molecule is COc1ccc(CNc2cc(Br)cc(N3CCC4(CC3)CC4)c2C#N)c(OC)c1. The molecule has 4 rings (SSSR count). The highest BCUT2D eigenvalue weighted by Crippen LogP contribution is 2.54. The summed E-state index contributed by atoms with van der Waals surface area (Å²) >= 11 is 3.63. The van der Waals surface area contributed by atoms with Crippen LogP contribution in [-0.2, 0) is 6.54 Å². The first kappa shape index (κ1) is 19.9. The van der Waals surface area contributed by atoms with E-state index in [-0.39, 0.29) is 0 Å². The third kappa shape index (κ3) is 4.16. The molecule has 1 heterocycles. The fraction of sp³-hybridized carbons (Fsp3) is 0.435. The zero-order valence-electron chi connectivity index (χ0n) is 16.9. The number of hydrogen-bond acceptors (Lipinski definition) is 5. The van der Waals surface area contributed by atoms with Crippen molar-refractivity contribution in [1.82, 2.24) is 0 Å². The summed E-state index contributed by atoms with van der Waals surface area (Å²) in [6, 6.07) is 12.2. The van der Waals surface area contributed by atoms with Crippen molar-refractivity contribution in [1.29, 1.82) is 5.26 Å².